The number of piperazine rings is 1. The summed E-state index contributed by atoms with van der Waals surface area (Å²) in [5.74, 6) is 0.732. The minimum absolute atomic E-state index is 0.245. The quantitative estimate of drug-likeness (QED) is 0.772. The zero-order chi connectivity index (χ0) is 18.4. The Morgan fingerprint density at radius 3 is 2.78 bits per heavy atom. The third kappa shape index (κ3) is 2.82. The number of anilines is 2. The highest BCUT2D eigenvalue weighted by molar-refractivity contribution is 6.01. The van der Waals surface area contributed by atoms with Crippen molar-refractivity contribution in [2.24, 2.45) is 0 Å². The van der Waals surface area contributed by atoms with Gasteiger partial charge in [-0.15, -0.1) is 0 Å². The maximum Gasteiger partial charge on any atom is 0.152 e. The molecule has 5 rings (SSSR count). The molecule has 1 aromatic carbocycles. The molecule has 2 aromatic heterocycles. The maximum absolute atomic E-state index is 13.8. The van der Waals surface area contributed by atoms with Gasteiger partial charge in [-0.25, -0.2) is 14.4 Å². The van der Waals surface area contributed by atoms with Crippen LogP contribution in [0.1, 0.15) is 13.3 Å². The van der Waals surface area contributed by atoms with Crippen LogP contribution in [0.4, 0.5) is 15.9 Å². The van der Waals surface area contributed by atoms with Crippen molar-refractivity contribution < 1.29 is 4.39 Å². The number of hydrogen-bond donors (Lipinski definition) is 1. The van der Waals surface area contributed by atoms with Gasteiger partial charge in [-0.1, -0.05) is 6.07 Å². The van der Waals surface area contributed by atoms with Crippen LogP contribution < -0.4 is 15.1 Å². The molecule has 2 aliphatic rings. The number of nitrogens with one attached hydrogen (secondary N) is 1. The van der Waals surface area contributed by atoms with E-state index in [4.69, 9.17) is 0 Å². The number of hydrogen-bond acceptors (Lipinski definition) is 5. The van der Waals surface area contributed by atoms with Gasteiger partial charge in [0.1, 0.15) is 18.0 Å². The van der Waals surface area contributed by atoms with Crippen LogP contribution in [-0.4, -0.2) is 53.3 Å². The minimum Gasteiger partial charge on any atom is -0.369 e. The molecule has 2 aliphatic heterocycles. The summed E-state index contributed by atoms with van der Waals surface area (Å²) in [5.41, 5.74) is 2.76. The lowest BCUT2D eigenvalue weighted by Crippen LogP contribution is -2.49. The van der Waals surface area contributed by atoms with E-state index < -0.39 is 0 Å². The van der Waals surface area contributed by atoms with Crippen molar-refractivity contribution in [3.05, 3.63) is 42.6 Å². The Morgan fingerprint density at radius 1 is 1.15 bits per heavy atom. The highest BCUT2D eigenvalue weighted by atomic mass is 19.1. The summed E-state index contributed by atoms with van der Waals surface area (Å²) in [6, 6.07) is 7.08. The van der Waals surface area contributed by atoms with Crippen LogP contribution in [0, 0.1) is 5.82 Å². The molecule has 3 aromatic rings. The van der Waals surface area contributed by atoms with Crippen LogP contribution in [0.15, 0.2) is 36.8 Å². The molecule has 0 aliphatic carbocycles. The number of aromatic nitrogens is 3. The van der Waals surface area contributed by atoms with Gasteiger partial charge in [0.25, 0.3) is 0 Å². The highest BCUT2D eigenvalue weighted by Gasteiger charge is 2.27. The zero-order valence-corrected chi connectivity index (χ0v) is 15.4. The first-order chi connectivity index (χ1) is 13.2. The lowest BCUT2D eigenvalue weighted by atomic mass is 10.1. The molecule has 7 heteroatoms. The van der Waals surface area contributed by atoms with Crippen LogP contribution in [0.5, 0.6) is 0 Å². The Labute approximate surface area is 157 Å². The van der Waals surface area contributed by atoms with Gasteiger partial charge in [-0.05, 0) is 31.5 Å². The van der Waals surface area contributed by atoms with E-state index in [1.54, 1.807) is 18.5 Å². The van der Waals surface area contributed by atoms with E-state index >= 15 is 0 Å². The van der Waals surface area contributed by atoms with Crippen LogP contribution >= 0.6 is 0 Å². The van der Waals surface area contributed by atoms with Crippen molar-refractivity contribution in [3.63, 3.8) is 0 Å². The molecule has 6 nitrogen and oxygen atoms in total. The average Bonchev–Trinajstić information content (AvgIpc) is 3.00. The maximum atomic E-state index is 13.8. The molecule has 1 atom stereocenters. The van der Waals surface area contributed by atoms with Crippen molar-refractivity contribution in [2.75, 3.05) is 42.5 Å². The second-order valence-corrected chi connectivity index (χ2v) is 7.40. The topological polar surface area (TPSA) is 49.2 Å². The van der Waals surface area contributed by atoms with Gasteiger partial charge in [0, 0.05) is 50.6 Å². The van der Waals surface area contributed by atoms with Gasteiger partial charge in [-0.3, -0.25) is 4.57 Å². The number of rotatable bonds is 3. The Bertz CT molecular complexity index is 980. The third-order valence-corrected chi connectivity index (χ3v) is 5.49. The molecular formula is C20H23FN6. The van der Waals surface area contributed by atoms with Gasteiger partial charge in [0.2, 0.25) is 0 Å². The van der Waals surface area contributed by atoms with Crippen molar-refractivity contribution in [1.82, 2.24) is 19.9 Å². The van der Waals surface area contributed by atoms with Crippen molar-refractivity contribution in [2.45, 2.75) is 19.4 Å². The molecule has 1 N–H and O–H groups in total. The smallest absolute Gasteiger partial charge is 0.152 e. The SMILES string of the molecule is CC1CN(c2ncnc3c2c(N2CCC2)cn3-c2cccc(F)c2)CCN1. The molecule has 0 radical (unpaired) electrons. The second-order valence-electron chi connectivity index (χ2n) is 7.40. The summed E-state index contributed by atoms with van der Waals surface area (Å²) in [6.07, 6.45) is 4.91. The van der Waals surface area contributed by atoms with E-state index in [0.29, 0.717) is 6.04 Å². The Morgan fingerprint density at radius 2 is 2.04 bits per heavy atom. The second kappa shape index (κ2) is 6.49. The first kappa shape index (κ1) is 16.5. The number of benzene rings is 1. The first-order valence-electron chi connectivity index (χ1n) is 9.56. The summed E-state index contributed by atoms with van der Waals surface area (Å²) in [4.78, 5) is 13.9. The fourth-order valence-corrected chi connectivity index (χ4v) is 4.01. The molecule has 0 bridgehead atoms. The van der Waals surface area contributed by atoms with Gasteiger partial charge in [0.15, 0.2) is 5.65 Å². The molecule has 1 unspecified atom stereocenters. The van der Waals surface area contributed by atoms with E-state index in [-0.39, 0.29) is 5.82 Å². The average molecular weight is 366 g/mol. The van der Waals surface area contributed by atoms with Crippen molar-refractivity contribution in [1.29, 1.82) is 0 Å². The largest absolute Gasteiger partial charge is 0.369 e. The highest BCUT2D eigenvalue weighted by Crippen LogP contribution is 2.38. The summed E-state index contributed by atoms with van der Waals surface area (Å²) in [6.45, 7) is 7.04. The lowest BCUT2D eigenvalue weighted by Gasteiger charge is -2.35. The summed E-state index contributed by atoms with van der Waals surface area (Å²) >= 11 is 0. The van der Waals surface area contributed by atoms with E-state index in [2.05, 4.69) is 38.2 Å². The third-order valence-electron chi connectivity index (χ3n) is 5.49. The van der Waals surface area contributed by atoms with E-state index in [0.717, 1.165) is 60.9 Å². The molecule has 0 saturated carbocycles. The minimum atomic E-state index is -0.245. The predicted octanol–water partition coefficient (Wildman–Crippen LogP) is 2.57. The van der Waals surface area contributed by atoms with Crippen LogP contribution in [-0.2, 0) is 0 Å². The molecular weight excluding hydrogens is 343 g/mol. The van der Waals surface area contributed by atoms with Crippen LogP contribution in [0.3, 0.4) is 0 Å². The Balaban J connectivity index is 1.70. The first-order valence-corrected chi connectivity index (χ1v) is 9.56. The zero-order valence-electron chi connectivity index (χ0n) is 15.4. The molecule has 2 saturated heterocycles. The normalized spacial score (nSPS) is 20.1. The molecule has 27 heavy (non-hydrogen) atoms. The molecule has 2 fully saturated rings. The Kier molecular flexibility index (Phi) is 3.97. The monoisotopic (exact) mass is 366 g/mol. The van der Waals surface area contributed by atoms with Gasteiger partial charge >= 0.3 is 0 Å². The van der Waals surface area contributed by atoms with Gasteiger partial charge in [-0.2, -0.15) is 0 Å². The fraction of sp³-hybridized carbons (Fsp3) is 0.400. The van der Waals surface area contributed by atoms with Crippen LogP contribution in [0.25, 0.3) is 16.7 Å². The van der Waals surface area contributed by atoms with Gasteiger partial charge in [0.05, 0.1) is 11.1 Å². The molecule has 0 spiro atoms. The van der Waals surface area contributed by atoms with Crippen molar-refractivity contribution >= 4 is 22.5 Å². The molecule has 4 heterocycles. The molecule has 0 amide bonds. The lowest BCUT2D eigenvalue weighted by molar-refractivity contribution is 0.483. The standard InChI is InChI=1S/C20H23FN6/c1-14-11-26(9-6-22-14)19-18-17(25-7-3-8-25)12-27(20(18)24-13-23-19)16-5-2-4-15(21)10-16/h2,4-5,10,12-14,22H,3,6-9,11H2,1H3. The summed E-state index contributed by atoms with van der Waals surface area (Å²) in [7, 11) is 0. The summed E-state index contributed by atoms with van der Waals surface area (Å²) in [5, 5.41) is 4.55. The van der Waals surface area contributed by atoms with E-state index in [9.17, 15) is 4.39 Å². The van der Waals surface area contributed by atoms with Crippen molar-refractivity contribution in [3.8, 4) is 5.69 Å². The predicted molar refractivity (Wildman–Crippen MR) is 105 cm³/mol. The number of nitrogens with zero attached hydrogens (tertiary/aromatic N) is 5. The van der Waals surface area contributed by atoms with Gasteiger partial charge < -0.3 is 15.1 Å². The Hall–Kier alpha value is -2.67. The number of halogens is 1. The number of fused-ring (bicyclic) bond motifs is 1. The fourth-order valence-electron chi connectivity index (χ4n) is 4.01. The van der Waals surface area contributed by atoms with E-state index in [1.165, 1.54) is 12.5 Å². The summed E-state index contributed by atoms with van der Waals surface area (Å²) < 4.78 is 15.8. The van der Waals surface area contributed by atoms with Crippen LogP contribution in [0.2, 0.25) is 0 Å². The van der Waals surface area contributed by atoms with E-state index in [1.807, 2.05) is 10.6 Å². The molecule has 140 valence electrons.